The van der Waals surface area contributed by atoms with E-state index in [9.17, 15) is 19.2 Å². The van der Waals surface area contributed by atoms with E-state index >= 15 is 0 Å². The van der Waals surface area contributed by atoms with Crippen molar-refractivity contribution in [3.05, 3.63) is 60.2 Å². The van der Waals surface area contributed by atoms with E-state index in [1.165, 1.54) is 4.90 Å². The van der Waals surface area contributed by atoms with Crippen LogP contribution in [0.15, 0.2) is 54.6 Å². The molecule has 0 saturated carbocycles. The number of ether oxygens (including phenoxy) is 2. The molecule has 4 atom stereocenters. The van der Waals surface area contributed by atoms with Crippen molar-refractivity contribution in [3.63, 3.8) is 0 Å². The standard InChI is InChI=1S/C28H28N2O6/c1-16-5-4-6-22-25(16)27(33)30(26(22)32)23-12-11-21(13-17(23)2)36-28(34)18-14-24(31)29(15-18)19-7-9-20(35-3)10-8-19/h4-5,7-13,16,18,22,25H,6,14-15H2,1-3H3/t16-,18+,22+,25-/m0/s1. The third kappa shape index (κ3) is 4.06. The lowest BCUT2D eigenvalue weighted by molar-refractivity contribution is -0.139. The Morgan fingerprint density at radius 1 is 1.00 bits per heavy atom. The number of hydrogen-bond donors (Lipinski definition) is 0. The van der Waals surface area contributed by atoms with Gasteiger partial charge in [0.05, 0.1) is 30.6 Å². The second-order valence-electron chi connectivity index (χ2n) is 9.64. The number of nitrogens with zero attached hydrogens (tertiary/aromatic N) is 2. The highest BCUT2D eigenvalue weighted by Gasteiger charge is 2.50. The number of hydrogen-bond acceptors (Lipinski definition) is 6. The molecule has 0 N–H and O–H groups in total. The number of imide groups is 1. The number of anilines is 2. The molecule has 186 valence electrons. The van der Waals surface area contributed by atoms with Crippen molar-refractivity contribution in [2.24, 2.45) is 23.7 Å². The van der Waals surface area contributed by atoms with Crippen molar-refractivity contribution in [1.82, 2.24) is 0 Å². The topological polar surface area (TPSA) is 93.2 Å². The molecule has 0 spiro atoms. The van der Waals surface area contributed by atoms with Crippen LogP contribution in [0.3, 0.4) is 0 Å². The van der Waals surface area contributed by atoms with E-state index in [0.717, 1.165) is 0 Å². The SMILES string of the molecule is COc1ccc(N2C[C@H](C(=O)Oc3ccc(N4C(=O)[C@H]5[C@@H](C)C=CC[C@H]5C4=O)c(C)c3)CC2=O)cc1. The highest BCUT2D eigenvalue weighted by molar-refractivity contribution is 6.22. The minimum Gasteiger partial charge on any atom is -0.497 e. The van der Waals surface area contributed by atoms with Crippen LogP contribution in [-0.2, 0) is 19.2 Å². The number of aryl methyl sites for hydroxylation is 1. The number of esters is 1. The van der Waals surface area contributed by atoms with Gasteiger partial charge in [-0.05, 0) is 67.3 Å². The van der Waals surface area contributed by atoms with Gasteiger partial charge in [-0.3, -0.25) is 19.2 Å². The maximum absolute atomic E-state index is 13.1. The van der Waals surface area contributed by atoms with Gasteiger partial charge in [-0.1, -0.05) is 19.1 Å². The van der Waals surface area contributed by atoms with Gasteiger partial charge in [-0.15, -0.1) is 0 Å². The van der Waals surface area contributed by atoms with Gasteiger partial charge in [0, 0.05) is 18.7 Å². The molecule has 3 amide bonds. The Balaban J connectivity index is 1.27. The monoisotopic (exact) mass is 488 g/mol. The van der Waals surface area contributed by atoms with Crippen molar-refractivity contribution < 1.29 is 28.7 Å². The summed E-state index contributed by atoms with van der Waals surface area (Å²) in [6.07, 6.45) is 4.60. The van der Waals surface area contributed by atoms with Crippen molar-refractivity contribution in [2.75, 3.05) is 23.5 Å². The zero-order valence-corrected chi connectivity index (χ0v) is 20.5. The van der Waals surface area contributed by atoms with E-state index in [-0.39, 0.29) is 48.4 Å². The number of rotatable bonds is 5. The Morgan fingerprint density at radius 2 is 1.72 bits per heavy atom. The summed E-state index contributed by atoms with van der Waals surface area (Å²) >= 11 is 0. The molecule has 0 unspecified atom stereocenters. The van der Waals surface area contributed by atoms with Crippen LogP contribution < -0.4 is 19.3 Å². The fraction of sp³-hybridized carbons (Fsp3) is 0.357. The van der Waals surface area contributed by atoms with Gasteiger partial charge in [0.15, 0.2) is 0 Å². The Morgan fingerprint density at radius 3 is 2.39 bits per heavy atom. The molecule has 36 heavy (non-hydrogen) atoms. The average molecular weight is 489 g/mol. The fourth-order valence-electron chi connectivity index (χ4n) is 5.40. The van der Waals surface area contributed by atoms with E-state index in [0.29, 0.717) is 34.9 Å². The van der Waals surface area contributed by atoms with Crippen molar-refractivity contribution >= 4 is 35.1 Å². The first-order chi connectivity index (χ1) is 17.3. The summed E-state index contributed by atoms with van der Waals surface area (Å²) in [5.74, 6) is -1.28. The molecule has 2 heterocycles. The second-order valence-corrected chi connectivity index (χ2v) is 9.64. The van der Waals surface area contributed by atoms with Gasteiger partial charge in [-0.25, -0.2) is 4.90 Å². The molecule has 2 aliphatic heterocycles. The number of methoxy groups -OCH3 is 1. The maximum Gasteiger partial charge on any atom is 0.316 e. The smallest absolute Gasteiger partial charge is 0.316 e. The van der Waals surface area contributed by atoms with Gasteiger partial charge in [0.1, 0.15) is 11.5 Å². The Kier molecular flexibility index (Phi) is 6.12. The maximum atomic E-state index is 13.1. The zero-order valence-electron chi connectivity index (χ0n) is 20.5. The summed E-state index contributed by atoms with van der Waals surface area (Å²) in [5.41, 5.74) is 1.86. The molecule has 2 fully saturated rings. The van der Waals surface area contributed by atoms with Crippen LogP contribution >= 0.6 is 0 Å². The summed E-state index contributed by atoms with van der Waals surface area (Å²) < 4.78 is 10.8. The van der Waals surface area contributed by atoms with E-state index in [4.69, 9.17) is 9.47 Å². The number of carbonyl (C=O) groups excluding carboxylic acids is 4. The van der Waals surface area contributed by atoms with Crippen LogP contribution in [0.1, 0.15) is 25.3 Å². The van der Waals surface area contributed by atoms with E-state index < -0.39 is 11.9 Å². The van der Waals surface area contributed by atoms with Crippen LogP contribution in [-0.4, -0.2) is 37.3 Å². The molecule has 3 aliphatic rings. The third-order valence-electron chi connectivity index (χ3n) is 7.34. The summed E-state index contributed by atoms with van der Waals surface area (Å²) in [6, 6.07) is 12.0. The lowest BCUT2D eigenvalue weighted by Gasteiger charge is -2.22. The molecule has 2 saturated heterocycles. The molecule has 1 aliphatic carbocycles. The largest absolute Gasteiger partial charge is 0.497 e. The van der Waals surface area contributed by atoms with Gasteiger partial charge >= 0.3 is 5.97 Å². The number of benzene rings is 2. The highest BCUT2D eigenvalue weighted by atomic mass is 16.5. The first-order valence-electron chi connectivity index (χ1n) is 12.1. The van der Waals surface area contributed by atoms with Crippen molar-refractivity contribution in [2.45, 2.75) is 26.7 Å². The van der Waals surface area contributed by atoms with Gasteiger partial charge in [0.2, 0.25) is 17.7 Å². The molecule has 2 aromatic carbocycles. The predicted octanol–water partition coefficient (Wildman–Crippen LogP) is 3.66. The van der Waals surface area contributed by atoms with Crippen LogP contribution in [0.4, 0.5) is 11.4 Å². The fourth-order valence-corrected chi connectivity index (χ4v) is 5.40. The van der Waals surface area contributed by atoms with Crippen molar-refractivity contribution in [3.8, 4) is 11.5 Å². The van der Waals surface area contributed by atoms with Crippen LogP contribution in [0.2, 0.25) is 0 Å². The first-order valence-corrected chi connectivity index (χ1v) is 12.1. The van der Waals surface area contributed by atoms with Crippen molar-refractivity contribution in [1.29, 1.82) is 0 Å². The first kappa shape index (κ1) is 23.8. The number of carbonyl (C=O) groups is 4. The Hall–Kier alpha value is -3.94. The molecule has 8 nitrogen and oxygen atoms in total. The molecular formula is C28H28N2O6. The summed E-state index contributed by atoms with van der Waals surface area (Å²) in [5, 5.41) is 0. The van der Waals surface area contributed by atoms with E-state index in [1.807, 2.05) is 19.1 Å². The lowest BCUT2D eigenvalue weighted by atomic mass is 9.78. The Labute approximate surface area is 209 Å². The Bertz CT molecular complexity index is 1270. The number of fused-ring (bicyclic) bond motifs is 1. The summed E-state index contributed by atoms with van der Waals surface area (Å²) in [6.45, 7) is 3.97. The van der Waals surface area contributed by atoms with E-state index in [2.05, 4.69) is 0 Å². The average Bonchev–Trinajstić information content (AvgIpc) is 3.37. The van der Waals surface area contributed by atoms with Gasteiger partial charge < -0.3 is 14.4 Å². The molecule has 8 heteroatoms. The normalized spacial score (nSPS) is 25.4. The highest BCUT2D eigenvalue weighted by Crippen LogP contribution is 2.41. The molecule has 2 aromatic rings. The summed E-state index contributed by atoms with van der Waals surface area (Å²) in [7, 11) is 1.57. The van der Waals surface area contributed by atoms with E-state index in [1.54, 1.807) is 61.4 Å². The minimum atomic E-state index is -0.599. The quantitative estimate of drug-likeness (QED) is 0.276. The molecule has 5 rings (SSSR count). The molecule has 0 bridgehead atoms. The molecule has 0 aromatic heterocycles. The predicted molar refractivity (Wildman–Crippen MR) is 133 cm³/mol. The van der Waals surface area contributed by atoms with Crippen LogP contribution in [0.5, 0.6) is 11.5 Å². The second kappa shape index (κ2) is 9.26. The third-order valence-corrected chi connectivity index (χ3v) is 7.34. The number of amides is 3. The zero-order chi connectivity index (χ0) is 25.6. The van der Waals surface area contributed by atoms with Crippen LogP contribution in [0.25, 0.3) is 0 Å². The van der Waals surface area contributed by atoms with Gasteiger partial charge in [0.25, 0.3) is 0 Å². The lowest BCUT2D eigenvalue weighted by Crippen LogP contribution is -2.32. The minimum absolute atomic E-state index is 0.0114. The van der Waals surface area contributed by atoms with Gasteiger partial charge in [-0.2, -0.15) is 0 Å². The molecular weight excluding hydrogens is 460 g/mol. The summed E-state index contributed by atoms with van der Waals surface area (Å²) in [4.78, 5) is 54.4. The molecule has 0 radical (unpaired) electrons. The van der Waals surface area contributed by atoms with Crippen LogP contribution in [0, 0.1) is 30.6 Å². The number of allylic oxidation sites excluding steroid dienone is 2.